The number of hydrogen-bond donors (Lipinski definition) is 0. The second kappa shape index (κ2) is 5.86. The van der Waals surface area contributed by atoms with Crippen LogP contribution in [0.5, 0.6) is 0 Å². The topological polar surface area (TPSA) is 63.0 Å². The van der Waals surface area contributed by atoms with Crippen LogP contribution >= 0.6 is 22.6 Å². The van der Waals surface area contributed by atoms with Crippen LogP contribution in [0.4, 0.5) is 8.78 Å². The summed E-state index contributed by atoms with van der Waals surface area (Å²) in [4.78, 5) is 15.1. The van der Waals surface area contributed by atoms with E-state index in [1.54, 1.807) is 35.6 Å². The van der Waals surface area contributed by atoms with E-state index < -0.39 is 18.0 Å². The first-order valence-corrected chi connectivity index (χ1v) is 5.65. The van der Waals surface area contributed by atoms with Gasteiger partial charge in [-0.15, -0.1) is 0 Å². The molecule has 0 fully saturated rings. The maximum absolute atomic E-state index is 12.6. The fourth-order valence-corrected chi connectivity index (χ4v) is 1.92. The van der Waals surface area contributed by atoms with Crippen molar-refractivity contribution in [3.8, 4) is 6.07 Å². The molecule has 1 aromatic heterocycles. The number of nitriles is 1. The Morgan fingerprint density at radius 3 is 2.82 bits per heavy atom. The number of pyridine rings is 1. The number of ether oxygens (including phenoxy) is 1. The third kappa shape index (κ3) is 3.09. The van der Waals surface area contributed by atoms with Gasteiger partial charge in [0.25, 0.3) is 6.43 Å². The second-order valence-corrected chi connectivity index (χ2v) is 3.91. The number of alkyl halides is 2. The minimum Gasteiger partial charge on any atom is -0.461 e. The summed E-state index contributed by atoms with van der Waals surface area (Å²) in [6.45, 7) is 1.76. The molecule has 0 aliphatic carbocycles. The lowest BCUT2D eigenvalue weighted by Crippen LogP contribution is -2.10. The molecule has 90 valence electrons. The summed E-state index contributed by atoms with van der Waals surface area (Å²) in [5.74, 6) is -0.734. The molecular formula is C10H7F2IN2O2. The first kappa shape index (κ1) is 13.8. The molecule has 0 aliphatic rings. The Labute approximate surface area is 110 Å². The van der Waals surface area contributed by atoms with Crippen molar-refractivity contribution in [3.05, 3.63) is 26.6 Å². The van der Waals surface area contributed by atoms with Crippen LogP contribution in [0, 0.1) is 15.0 Å². The molecule has 0 unspecified atom stereocenters. The van der Waals surface area contributed by atoms with E-state index in [0.29, 0.717) is 0 Å². The van der Waals surface area contributed by atoms with Gasteiger partial charge in [0.1, 0.15) is 3.70 Å². The van der Waals surface area contributed by atoms with Gasteiger partial charge in [-0.25, -0.2) is 18.6 Å². The Balaban J connectivity index is 3.28. The summed E-state index contributed by atoms with van der Waals surface area (Å²) < 4.78 is 29.9. The highest BCUT2D eigenvalue weighted by molar-refractivity contribution is 14.1. The summed E-state index contributed by atoms with van der Waals surface area (Å²) in [6, 6.07) is 2.64. The Bertz CT molecular complexity index is 486. The molecule has 1 heterocycles. The van der Waals surface area contributed by atoms with Crippen molar-refractivity contribution in [1.82, 2.24) is 4.98 Å². The standard InChI is InChI=1S/C10H7F2IN2O2/c1-2-17-10(16)6-3-5(4-14)7(8(11)12)9(13)15-6/h3,8H,2H2,1H3. The van der Waals surface area contributed by atoms with E-state index in [9.17, 15) is 13.6 Å². The van der Waals surface area contributed by atoms with E-state index in [1.807, 2.05) is 0 Å². The minimum absolute atomic E-state index is 0.0697. The van der Waals surface area contributed by atoms with Gasteiger partial charge in [-0.3, -0.25) is 0 Å². The van der Waals surface area contributed by atoms with Crippen LogP contribution in [0.1, 0.15) is 35.0 Å². The van der Waals surface area contributed by atoms with E-state index >= 15 is 0 Å². The molecule has 4 nitrogen and oxygen atoms in total. The highest BCUT2D eigenvalue weighted by atomic mass is 127. The predicted octanol–water partition coefficient (Wildman–Crippen LogP) is 2.67. The first-order chi connectivity index (χ1) is 8.01. The van der Waals surface area contributed by atoms with Gasteiger partial charge in [0.05, 0.1) is 23.8 Å². The SMILES string of the molecule is CCOC(=O)c1cc(C#N)c(C(F)F)c(I)n1. The van der Waals surface area contributed by atoms with Gasteiger partial charge < -0.3 is 4.74 Å². The van der Waals surface area contributed by atoms with E-state index in [4.69, 9.17) is 5.26 Å². The zero-order valence-corrected chi connectivity index (χ0v) is 10.9. The quantitative estimate of drug-likeness (QED) is 0.477. The fraction of sp³-hybridized carbons (Fsp3) is 0.300. The highest BCUT2D eigenvalue weighted by Crippen LogP contribution is 2.27. The molecular weight excluding hydrogens is 345 g/mol. The number of carbonyl (C=O) groups excluding carboxylic acids is 1. The molecule has 0 atom stereocenters. The lowest BCUT2D eigenvalue weighted by molar-refractivity contribution is 0.0518. The molecule has 1 aromatic rings. The van der Waals surface area contributed by atoms with Crippen LogP contribution in [-0.4, -0.2) is 17.6 Å². The number of carbonyl (C=O) groups is 1. The Kier molecular flexibility index (Phi) is 4.74. The zero-order valence-electron chi connectivity index (χ0n) is 8.71. The number of hydrogen-bond acceptors (Lipinski definition) is 4. The van der Waals surface area contributed by atoms with Crippen molar-refractivity contribution >= 4 is 28.6 Å². The molecule has 0 N–H and O–H groups in total. The van der Waals surface area contributed by atoms with E-state index in [1.165, 1.54) is 0 Å². The van der Waals surface area contributed by atoms with Crippen LogP contribution in [0.2, 0.25) is 0 Å². The number of halogens is 3. The van der Waals surface area contributed by atoms with Crippen molar-refractivity contribution in [1.29, 1.82) is 5.26 Å². The minimum atomic E-state index is -2.81. The Hall–Kier alpha value is -1.30. The van der Waals surface area contributed by atoms with E-state index in [2.05, 4.69) is 9.72 Å². The lowest BCUT2D eigenvalue weighted by atomic mass is 10.1. The number of aromatic nitrogens is 1. The van der Waals surface area contributed by atoms with Gasteiger partial charge in [-0.1, -0.05) is 0 Å². The van der Waals surface area contributed by atoms with Crippen LogP contribution in [-0.2, 0) is 4.74 Å². The summed E-state index contributed by atoms with van der Waals surface area (Å²) in [5.41, 5.74) is -0.860. The lowest BCUT2D eigenvalue weighted by Gasteiger charge is -2.07. The Morgan fingerprint density at radius 2 is 2.35 bits per heavy atom. The molecule has 17 heavy (non-hydrogen) atoms. The van der Waals surface area contributed by atoms with Crippen molar-refractivity contribution in [2.24, 2.45) is 0 Å². The van der Waals surface area contributed by atoms with Crippen LogP contribution in [0.15, 0.2) is 6.07 Å². The summed E-state index contributed by atoms with van der Waals surface area (Å²) >= 11 is 1.56. The molecule has 1 rings (SSSR count). The molecule has 0 radical (unpaired) electrons. The molecule has 0 spiro atoms. The summed E-state index contributed by atoms with van der Waals surface area (Å²) in [6.07, 6.45) is -2.81. The fourth-order valence-electron chi connectivity index (χ4n) is 1.13. The first-order valence-electron chi connectivity index (χ1n) is 4.57. The van der Waals surface area contributed by atoms with Gasteiger partial charge in [-0.2, -0.15) is 5.26 Å². The molecule has 0 aliphatic heterocycles. The molecule has 0 saturated carbocycles. The predicted molar refractivity (Wildman–Crippen MR) is 62.6 cm³/mol. The van der Waals surface area contributed by atoms with Gasteiger partial charge in [0.15, 0.2) is 5.69 Å². The van der Waals surface area contributed by atoms with Gasteiger partial charge in [-0.05, 0) is 35.6 Å². The summed E-state index contributed by atoms with van der Waals surface area (Å²) in [7, 11) is 0. The van der Waals surface area contributed by atoms with Gasteiger partial charge >= 0.3 is 5.97 Å². The number of nitrogens with zero attached hydrogens (tertiary/aromatic N) is 2. The monoisotopic (exact) mass is 352 g/mol. The molecule has 0 bridgehead atoms. The van der Waals surface area contributed by atoms with Crippen LogP contribution in [0.25, 0.3) is 0 Å². The van der Waals surface area contributed by atoms with Crippen LogP contribution in [0.3, 0.4) is 0 Å². The molecule has 0 saturated heterocycles. The third-order valence-corrected chi connectivity index (χ3v) is 2.66. The smallest absolute Gasteiger partial charge is 0.356 e. The van der Waals surface area contributed by atoms with Crippen molar-refractivity contribution in [2.45, 2.75) is 13.3 Å². The zero-order chi connectivity index (χ0) is 13.0. The number of rotatable bonds is 3. The maximum atomic E-state index is 12.6. The van der Waals surface area contributed by atoms with Gasteiger partial charge in [0.2, 0.25) is 0 Å². The van der Waals surface area contributed by atoms with E-state index in [0.717, 1.165) is 6.07 Å². The maximum Gasteiger partial charge on any atom is 0.356 e. The average Bonchev–Trinajstić information content (AvgIpc) is 2.27. The molecule has 0 amide bonds. The largest absolute Gasteiger partial charge is 0.461 e. The highest BCUT2D eigenvalue weighted by Gasteiger charge is 2.21. The van der Waals surface area contributed by atoms with Crippen molar-refractivity contribution in [3.63, 3.8) is 0 Å². The second-order valence-electron chi connectivity index (χ2n) is 2.89. The average molecular weight is 352 g/mol. The molecule has 7 heteroatoms. The Morgan fingerprint density at radius 1 is 1.71 bits per heavy atom. The van der Waals surface area contributed by atoms with Gasteiger partial charge in [0, 0.05) is 0 Å². The summed E-state index contributed by atoms with van der Waals surface area (Å²) in [5, 5.41) is 8.76. The number of esters is 1. The van der Waals surface area contributed by atoms with Crippen LogP contribution < -0.4 is 0 Å². The van der Waals surface area contributed by atoms with Crippen molar-refractivity contribution in [2.75, 3.05) is 6.61 Å². The normalized spacial score (nSPS) is 10.1. The van der Waals surface area contributed by atoms with Crippen molar-refractivity contribution < 1.29 is 18.3 Å². The van der Waals surface area contributed by atoms with E-state index in [-0.39, 0.29) is 21.6 Å². The third-order valence-electron chi connectivity index (χ3n) is 1.84. The molecule has 0 aromatic carbocycles.